The number of likely N-dealkylation sites (tertiary alicyclic amines) is 2. The summed E-state index contributed by atoms with van der Waals surface area (Å²) in [6, 6.07) is 13.8. The van der Waals surface area contributed by atoms with Gasteiger partial charge in [-0.3, -0.25) is 9.78 Å². The molecule has 136 valence electrons. The molecule has 0 unspecified atom stereocenters. The molecule has 0 atom stereocenters. The Morgan fingerprint density at radius 1 is 1.12 bits per heavy atom. The van der Waals surface area contributed by atoms with Crippen LogP contribution in [0.15, 0.2) is 42.5 Å². The molecule has 1 aromatic carbocycles. The van der Waals surface area contributed by atoms with Gasteiger partial charge in [-0.15, -0.1) is 0 Å². The van der Waals surface area contributed by atoms with Gasteiger partial charge in [0.1, 0.15) is 0 Å². The first-order chi connectivity index (χ1) is 12.5. The largest absolute Gasteiger partial charge is 0.341 e. The average molecular weight is 370 g/mol. The first kappa shape index (κ1) is 17.5. The van der Waals surface area contributed by atoms with Crippen molar-refractivity contribution in [2.45, 2.75) is 19.8 Å². The fraction of sp³-hybridized carbons (Fsp3) is 0.429. The van der Waals surface area contributed by atoms with Crippen molar-refractivity contribution in [3.05, 3.63) is 64.4 Å². The highest BCUT2D eigenvalue weighted by Gasteiger charge is 2.52. The Kier molecular flexibility index (Phi) is 4.72. The molecule has 1 aromatic heterocycles. The van der Waals surface area contributed by atoms with Gasteiger partial charge in [0.25, 0.3) is 0 Å². The van der Waals surface area contributed by atoms with E-state index in [2.05, 4.69) is 22.0 Å². The van der Waals surface area contributed by atoms with Crippen LogP contribution in [0.2, 0.25) is 5.02 Å². The van der Waals surface area contributed by atoms with Crippen LogP contribution in [-0.4, -0.2) is 53.4 Å². The number of nitrogens with zero attached hydrogens (tertiary/aromatic N) is 3. The van der Waals surface area contributed by atoms with Crippen molar-refractivity contribution in [3.63, 3.8) is 0 Å². The van der Waals surface area contributed by atoms with E-state index in [4.69, 9.17) is 11.6 Å². The summed E-state index contributed by atoms with van der Waals surface area (Å²) in [4.78, 5) is 21.4. The van der Waals surface area contributed by atoms with Crippen molar-refractivity contribution >= 4 is 17.5 Å². The molecule has 0 saturated carbocycles. The lowest BCUT2D eigenvalue weighted by Gasteiger charge is -2.60. The quantitative estimate of drug-likeness (QED) is 0.813. The highest BCUT2D eigenvalue weighted by molar-refractivity contribution is 6.30. The lowest BCUT2D eigenvalue weighted by Crippen LogP contribution is -2.73. The van der Waals surface area contributed by atoms with Crippen molar-refractivity contribution in [1.82, 2.24) is 14.8 Å². The summed E-state index contributed by atoms with van der Waals surface area (Å²) in [5.74, 6) is 0.223. The van der Waals surface area contributed by atoms with E-state index in [9.17, 15) is 4.79 Å². The van der Waals surface area contributed by atoms with Gasteiger partial charge in [0.2, 0.25) is 5.91 Å². The van der Waals surface area contributed by atoms with Gasteiger partial charge >= 0.3 is 0 Å². The number of pyridine rings is 1. The third-order valence-electron chi connectivity index (χ3n) is 5.42. The molecular formula is C21H24ClN3O. The SMILES string of the molecule is Cc1cccc(CCN2CC3(C2)CN(C(=O)Cc2ccc(Cl)cc2)C3)n1. The Labute approximate surface area is 159 Å². The zero-order valence-electron chi connectivity index (χ0n) is 15.1. The number of amides is 1. The van der Waals surface area contributed by atoms with Crippen molar-refractivity contribution in [3.8, 4) is 0 Å². The van der Waals surface area contributed by atoms with Crippen molar-refractivity contribution in [2.75, 3.05) is 32.7 Å². The highest BCUT2D eigenvalue weighted by atomic mass is 35.5. The molecule has 3 heterocycles. The lowest BCUT2D eigenvalue weighted by molar-refractivity contribution is -0.158. The van der Waals surface area contributed by atoms with E-state index in [1.54, 1.807) is 0 Å². The smallest absolute Gasteiger partial charge is 0.227 e. The van der Waals surface area contributed by atoms with Gasteiger partial charge in [-0.25, -0.2) is 0 Å². The van der Waals surface area contributed by atoms with E-state index >= 15 is 0 Å². The molecule has 1 amide bonds. The van der Waals surface area contributed by atoms with Gasteiger partial charge in [0.05, 0.1) is 6.42 Å². The van der Waals surface area contributed by atoms with Gasteiger partial charge in [-0.1, -0.05) is 29.8 Å². The molecular weight excluding hydrogens is 346 g/mol. The molecule has 0 bridgehead atoms. The maximum Gasteiger partial charge on any atom is 0.227 e. The summed E-state index contributed by atoms with van der Waals surface area (Å²) >= 11 is 5.90. The molecule has 26 heavy (non-hydrogen) atoms. The van der Waals surface area contributed by atoms with Gasteiger partial charge in [0, 0.05) is 61.0 Å². The van der Waals surface area contributed by atoms with Crippen LogP contribution in [0.5, 0.6) is 0 Å². The Bertz CT molecular complexity index is 791. The molecule has 5 heteroatoms. The number of halogens is 1. The zero-order valence-corrected chi connectivity index (χ0v) is 15.9. The first-order valence-electron chi connectivity index (χ1n) is 9.19. The standard InChI is InChI=1S/C21H24ClN3O/c1-16-3-2-4-19(23-16)9-10-24-12-21(13-24)14-25(15-21)20(26)11-17-5-7-18(22)8-6-17/h2-8H,9-15H2,1H3. The predicted octanol–water partition coefficient (Wildman–Crippen LogP) is 2.97. The maximum absolute atomic E-state index is 12.4. The topological polar surface area (TPSA) is 36.4 Å². The number of carbonyl (C=O) groups excluding carboxylic acids is 1. The first-order valence-corrected chi connectivity index (χ1v) is 9.56. The fourth-order valence-corrected chi connectivity index (χ4v) is 4.23. The van der Waals surface area contributed by atoms with Crippen LogP contribution in [-0.2, 0) is 17.6 Å². The molecule has 2 saturated heterocycles. The Balaban J connectivity index is 1.19. The van der Waals surface area contributed by atoms with E-state index < -0.39 is 0 Å². The summed E-state index contributed by atoms with van der Waals surface area (Å²) in [5, 5.41) is 0.708. The second-order valence-electron chi connectivity index (χ2n) is 7.78. The number of aromatic nitrogens is 1. The molecule has 0 N–H and O–H groups in total. The molecule has 0 radical (unpaired) electrons. The molecule has 2 aliphatic heterocycles. The average Bonchev–Trinajstić information content (AvgIpc) is 2.54. The van der Waals surface area contributed by atoms with Gasteiger partial charge in [-0.05, 0) is 36.8 Å². The summed E-state index contributed by atoms with van der Waals surface area (Å²) in [6.07, 6.45) is 1.47. The molecule has 2 aromatic rings. The normalized spacial score (nSPS) is 18.5. The van der Waals surface area contributed by atoms with Gasteiger partial charge in [0.15, 0.2) is 0 Å². The number of benzene rings is 1. The molecule has 4 rings (SSSR count). The van der Waals surface area contributed by atoms with Crippen LogP contribution in [0.3, 0.4) is 0 Å². The van der Waals surface area contributed by atoms with Crippen LogP contribution < -0.4 is 0 Å². The third kappa shape index (κ3) is 3.76. The van der Waals surface area contributed by atoms with Gasteiger partial charge in [-0.2, -0.15) is 0 Å². The summed E-state index contributed by atoms with van der Waals surface area (Å²) in [7, 11) is 0. The minimum atomic E-state index is 0.223. The monoisotopic (exact) mass is 369 g/mol. The minimum absolute atomic E-state index is 0.223. The maximum atomic E-state index is 12.4. The van der Waals surface area contributed by atoms with E-state index in [0.717, 1.165) is 50.4 Å². The van der Waals surface area contributed by atoms with Crippen LogP contribution >= 0.6 is 11.6 Å². The van der Waals surface area contributed by atoms with E-state index in [0.29, 0.717) is 16.9 Å². The highest BCUT2D eigenvalue weighted by Crippen LogP contribution is 2.39. The predicted molar refractivity (Wildman–Crippen MR) is 103 cm³/mol. The zero-order chi connectivity index (χ0) is 18.1. The lowest BCUT2D eigenvalue weighted by atomic mass is 9.72. The summed E-state index contributed by atoms with van der Waals surface area (Å²) in [6.45, 7) is 7.09. The third-order valence-corrected chi connectivity index (χ3v) is 5.67. The van der Waals surface area contributed by atoms with Crippen LogP contribution in [0.25, 0.3) is 0 Å². The van der Waals surface area contributed by atoms with Crippen LogP contribution in [0.4, 0.5) is 0 Å². The van der Waals surface area contributed by atoms with E-state index in [1.165, 1.54) is 5.69 Å². The number of aryl methyl sites for hydroxylation is 1. The molecule has 4 nitrogen and oxygen atoms in total. The van der Waals surface area contributed by atoms with Crippen molar-refractivity contribution in [1.29, 1.82) is 0 Å². The minimum Gasteiger partial charge on any atom is -0.341 e. The van der Waals surface area contributed by atoms with Crippen LogP contribution in [0.1, 0.15) is 17.0 Å². The molecule has 2 fully saturated rings. The summed E-state index contributed by atoms with van der Waals surface area (Å²) < 4.78 is 0. The number of hydrogen-bond donors (Lipinski definition) is 0. The Hall–Kier alpha value is -1.91. The van der Waals surface area contributed by atoms with Crippen molar-refractivity contribution < 1.29 is 4.79 Å². The number of carbonyl (C=O) groups is 1. The van der Waals surface area contributed by atoms with E-state index in [-0.39, 0.29) is 5.91 Å². The van der Waals surface area contributed by atoms with Crippen molar-refractivity contribution in [2.24, 2.45) is 5.41 Å². The van der Waals surface area contributed by atoms with Crippen LogP contribution in [0, 0.1) is 12.3 Å². The molecule has 2 aliphatic rings. The second-order valence-corrected chi connectivity index (χ2v) is 8.22. The Morgan fingerprint density at radius 2 is 1.85 bits per heavy atom. The summed E-state index contributed by atoms with van der Waals surface area (Å²) in [5.41, 5.74) is 3.62. The van der Waals surface area contributed by atoms with Gasteiger partial charge < -0.3 is 9.80 Å². The number of hydrogen-bond acceptors (Lipinski definition) is 3. The Morgan fingerprint density at radius 3 is 2.54 bits per heavy atom. The molecule has 1 spiro atoms. The second kappa shape index (κ2) is 7.01. The molecule has 0 aliphatic carbocycles. The number of rotatable bonds is 5. The fourth-order valence-electron chi connectivity index (χ4n) is 4.10. The van der Waals surface area contributed by atoms with E-state index in [1.807, 2.05) is 42.2 Å².